The van der Waals surface area contributed by atoms with Crippen LogP contribution in [0.3, 0.4) is 0 Å². The summed E-state index contributed by atoms with van der Waals surface area (Å²) in [6.07, 6.45) is -0.604. The van der Waals surface area contributed by atoms with Crippen molar-refractivity contribution < 1.29 is 18.6 Å². The van der Waals surface area contributed by atoms with Crippen molar-refractivity contribution in [3.63, 3.8) is 0 Å². The van der Waals surface area contributed by atoms with Crippen LogP contribution in [-0.4, -0.2) is 5.11 Å². The SMILES string of the molecule is C[C@@H](O)c1ccc(Oc2ccc(F)cc2F)c(Br)c1. The van der Waals surface area contributed by atoms with E-state index in [9.17, 15) is 13.9 Å². The van der Waals surface area contributed by atoms with Gasteiger partial charge in [-0.3, -0.25) is 0 Å². The third-order valence-corrected chi connectivity index (χ3v) is 3.17. The molecule has 2 rings (SSSR count). The van der Waals surface area contributed by atoms with Crippen molar-refractivity contribution in [2.45, 2.75) is 13.0 Å². The van der Waals surface area contributed by atoms with Gasteiger partial charge in [0.15, 0.2) is 11.6 Å². The molecule has 0 spiro atoms. The summed E-state index contributed by atoms with van der Waals surface area (Å²) >= 11 is 3.28. The number of aliphatic hydroxyl groups is 1. The highest BCUT2D eigenvalue weighted by Gasteiger charge is 2.10. The largest absolute Gasteiger partial charge is 0.453 e. The van der Waals surface area contributed by atoms with Gasteiger partial charge in [-0.05, 0) is 52.7 Å². The fraction of sp³-hybridized carbons (Fsp3) is 0.143. The monoisotopic (exact) mass is 328 g/mol. The molecule has 5 heteroatoms. The number of hydrogen-bond donors (Lipinski definition) is 1. The molecule has 0 aromatic heterocycles. The lowest BCUT2D eigenvalue weighted by Gasteiger charge is -2.11. The second-order valence-electron chi connectivity index (χ2n) is 4.04. The first-order chi connectivity index (χ1) is 8.97. The van der Waals surface area contributed by atoms with Crippen LogP contribution in [0.25, 0.3) is 0 Å². The van der Waals surface area contributed by atoms with Crippen LogP contribution in [0.5, 0.6) is 11.5 Å². The van der Waals surface area contributed by atoms with Gasteiger partial charge in [0.25, 0.3) is 0 Å². The molecule has 0 saturated carbocycles. The fourth-order valence-electron chi connectivity index (χ4n) is 1.54. The van der Waals surface area contributed by atoms with E-state index in [2.05, 4.69) is 15.9 Å². The number of aliphatic hydroxyl groups excluding tert-OH is 1. The van der Waals surface area contributed by atoms with Crippen molar-refractivity contribution in [2.75, 3.05) is 0 Å². The van der Waals surface area contributed by atoms with Crippen LogP contribution in [-0.2, 0) is 0 Å². The minimum absolute atomic E-state index is 0.0631. The van der Waals surface area contributed by atoms with E-state index in [1.54, 1.807) is 25.1 Å². The second kappa shape index (κ2) is 5.67. The normalized spacial score (nSPS) is 12.3. The molecule has 0 fully saturated rings. The van der Waals surface area contributed by atoms with Gasteiger partial charge in [0, 0.05) is 6.07 Å². The van der Waals surface area contributed by atoms with Crippen LogP contribution in [0.4, 0.5) is 8.78 Å². The highest BCUT2D eigenvalue weighted by atomic mass is 79.9. The zero-order chi connectivity index (χ0) is 14.0. The zero-order valence-corrected chi connectivity index (χ0v) is 11.6. The highest BCUT2D eigenvalue weighted by molar-refractivity contribution is 9.10. The molecule has 0 unspecified atom stereocenters. The molecule has 1 N–H and O–H groups in total. The molecule has 0 bridgehead atoms. The summed E-state index contributed by atoms with van der Waals surface area (Å²) < 4.78 is 32.2. The lowest BCUT2D eigenvalue weighted by atomic mass is 10.1. The van der Waals surface area contributed by atoms with E-state index in [-0.39, 0.29) is 5.75 Å². The lowest BCUT2D eigenvalue weighted by Crippen LogP contribution is -1.94. The number of hydrogen-bond acceptors (Lipinski definition) is 2. The van der Waals surface area contributed by atoms with Crippen LogP contribution < -0.4 is 4.74 Å². The Kier molecular flexibility index (Phi) is 4.17. The molecule has 0 aliphatic heterocycles. The highest BCUT2D eigenvalue weighted by Crippen LogP contribution is 2.33. The number of benzene rings is 2. The van der Waals surface area contributed by atoms with Gasteiger partial charge in [0.1, 0.15) is 11.6 Å². The molecular weight excluding hydrogens is 318 g/mol. The molecule has 100 valence electrons. The van der Waals surface area contributed by atoms with E-state index >= 15 is 0 Å². The summed E-state index contributed by atoms with van der Waals surface area (Å²) in [4.78, 5) is 0. The van der Waals surface area contributed by atoms with Crippen LogP contribution in [0.15, 0.2) is 40.9 Å². The Bertz CT molecular complexity index is 600. The molecule has 0 amide bonds. The van der Waals surface area contributed by atoms with E-state index in [4.69, 9.17) is 4.74 Å². The molecule has 0 heterocycles. The Morgan fingerprint density at radius 1 is 1.11 bits per heavy atom. The van der Waals surface area contributed by atoms with Crippen molar-refractivity contribution in [2.24, 2.45) is 0 Å². The first kappa shape index (κ1) is 14.0. The summed E-state index contributed by atoms with van der Waals surface area (Å²) in [6, 6.07) is 8.06. The zero-order valence-electron chi connectivity index (χ0n) is 10.0. The summed E-state index contributed by atoms with van der Waals surface area (Å²) in [6.45, 7) is 1.64. The third kappa shape index (κ3) is 3.30. The topological polar surface area (TPSA) is 29.5 Å². The van der Waals surface area contributed by atoms with Crippen LogP contribution in [0, 0.1) is 11.6 Å². The van der Waals surface area contributed by atoms with E-state index in [1.807, 2.05) is 0 Å². The summed E-state index contributed by atoms with van der Waals surface area (Å²) in [5, 5.41) is 9.44. The van der Waals surface area contributed by atoms with Gasteiger partial charge in [-0.1, -0.05) is 6.07 Å². The summed E-state index contributed by atoms with van der Waals surface area (Å²) in [7, 11) is 0. The quantitative estimate of drug-likeness (QED) is 0.894. The molecule has 0 radical (unpaired) electrons. The molecule has 19 heavy (non-hydrogen) atoms. The Morgan fingerprint density at radius 2 is 1.79 bits per heavy atom. The maximum atomic E-state index is 13.5. The molecule has 2 aromatic rings. The first-order valence-corrected chi connectivity index (χ1v) is 6.37. The van der Waals surface area contributed by atoms with Crippen LogP contribution in [0.1, 0.15) is 18.6 Å². The van der Waals surface area contributed by atoms with Gasteiger partial charge < -0.3 is 9.84 Å². The molecular formula is C14H11BrF2O2. The molecule has 2 nitrogen and oxygen atoms in total. The van der Waals surface area contributed by atoms with Gasteiger partial charge in [-0.15, -0.1) is 0 Å². The van der Waals surface area contributed by atoms with E-state index in [0.717, 1.165) is 12.1 Å². The van der Waals surface area contributed by atoms with Crippen molar-refractivity contribution in [3.05, 3.63) is 58.1 Å². The molecule has 0 aliphatic carbocycles. The molecule has 0 aliphatic rings. The van der Waals surface area contributed by atoms with Crippen LogP contribution >= 0.6 is 15.9 Å². The number of halogens is 3. The van der Waals surface area contributed by atoms with Gasteiger partial charge >= 0.3 is 0 Å². The predicted molar refractivity (Wildman–Crippen MR) is 71.2 cm³/mol. The fourth-order valence-corrected chi connectivity index (χ4v) is 2.01. The van der Waals surface area contributed by atoms with E-state index in [0.29, 0.717) is 15.8 Å². The molecule has 1 atom stereocenters. The van der Waals surface area contributed by atoms with Crippen molar-refractivity contribution in [1.29, 1.82) is 0 Å². The lowest BCUT2D eigenvalue weighted by molar-refractivity contribution is 0.199. The Balaban J connectivity index is 2.28. The van der Waals surface area contributed by atoms with Gasteiger partial charge in [0.05, 0.1) is 10.6 Å². The van der Waals surface area contributed by atoms with Crippen LogP contribution in [0.2, 0.25) is 0 Å². The van der Waals surface area contributed by atoms with E-state index < -0.39 is 17.7 Å². The maximum absolute atomic E-state index is 13.5. The first-order valence-electron chi connectivity index (χ1n) is 5.58. The van der Waals surface area contributed by atoms with Gasteiger partial charge in [-0.25, -0.2) is 8.78 Å². The Morgan fingerprint density at radius 3 is 2.37 bits per heavy atom. The average Bonchev–Trinajstić information content (AvgIpc) is 2.34. The predicted octanol–water partition coefficient (Wildman–Crippen LogP) is 4.57. The van der Waals surface area contributed by atoms with Crippen molar-refractivity contribution in [3.8, 4) is 11.5 Å². The Labute approximate surface area is 117 Å². The third-order valence-electron chi connectivity index (χ3n) is 2.55. The standard InChI is InChI=1S/C14H11BrF2O2/c1-8(18)9-2-4-13(11(15)6-9)19-14-5-3-10(16)7-12(14)17/h2-8,18H,1H3/t8-/m1/s1. The summed E-state index contributed by atoms with van der Waals surface area (Å²) in [5.74, 6) is -1.11. The average molecular weight is 329 g/mol. The van der Waals surface area contributed by atoms with Crippen molar-refractivity contribution >= 4 is 15.9 Å². The minimum Gasteiger partial charge on any atom is -0.453 e. The number of ether oxygens (including phenoxy) is 1. The smallest absolute Gasteiger partial charge is 0.168 e. The Hall–Kier alpha value is -1.46. The van der Waals surface area contributed by atoms with Gasteiger partial charge in [-0.2, -0.15) is 0 Å². The molecule has 2 aromatic carbocycles. The number of rotatable bonds is 3. The summed E-state index contributed by atoms with van der Waals surface area (Å²) in [5.41, 5.74) is 0.707. The van der Waals surface area contributed by atoms with E-state index in [1.165, 1.54) is 6.07 Å². The van der Waals surface area contributed by atoms with Crippen molar-refractivity contribution in [1.82, 2.24) is 0 Å². The minimum atomic E-state index is -0.772. The second-order valence-corrected chi connectivity index (χ2v) is 4.90. The van der Waals surface area contributed by atoms with Gasteiger partial charge in [0.2, 0.25) is 0 Å². The maximum Gasteiger partial charge on any atom is 0.168 e. The molecule has 0 saturated heterocycles.